The van der Waals surface area contributed by atoms with Crippen LogP contribution in [0.5, 0.6) is 0 Å². The second-order valence-corrected chi connectivity index (χ2v) is 8.00. The first kappa shape index (κ1) is 16.8. The summed E-state index contributed by atoms with van der Waals surface area (Å²) in [5, 5.41) is 0. The van der Waals surface area contributed by atoms with Crippen molar-refractivity contribution < 1.29 is 8.42 Å². The zero-order valence-electron chi connectivity index (χ0n) is 14.2. The quantitative estimate of drug-likeness (QED) is 0.845. The highest BCUT2D eigenvalue weighted by Crippen LogP contribution is 2.35. The lowest BCUT2D eigenvalue weighted by molar-refractivity contribution is 0.588. The van der Waals surface area contributed by atoms with Gasteiger partial charge in [0.2, 0.25) is 0 Å². The summed E-state index contributed by atoms with van der Waals surface area (Å²) in [6.07, 6.45) is 3.70. The number of hydrogen-bond acceptors (Lipinski definition) is 2. The molecule has 0 bridgehead atoms. The van der Waals surface area contributed by atoms with E-state index in [1.165, 1.54) is 11.1 Å². The third kappa shape index (κ3) is 3.39. The fourth-order valence-electron chi connectivity index (χ4n) is 3.10. The molecule has 0 saturated heterocycles. The van der Waals surface area contributed by atoms with Crippen LogP contribution in [0.2, 0.25) is 0 Å². The summed E-state index contributed by atoms with van der Waals surface area (Å²) >= 11 is 0. The Kier molecular flexibility index (Phi) is 4.76. The number of allylic oxidation sites excluding steroid dienone is 2. The van der Waals surface area contributed by atoms with Gasteiger partial charge in [-0.2, -0.15) is 0 Å². The Bertz CT molecular complexity index is 865. The molecule has 2 aromatic rings. The molecule has 0 radical (unpaired) electrons. The lowest BCUT2D eigenvalue weighted by Gasteiger charge is -2.12. The molecule has 1 aliphatic rings. The number of hydrogen-bond donors (Lipinski definition) is 1. The Morgan fingerprint density at radius 2 is 1.75 bits per heavy atom. The van der Waals surface area contributed by atoms with Crippen molar-refractivity contribution in [2.24, 2.45) is 0 Å². The van der Waals surface area contributed by atoms with E-state index in [1.54, 1.807) is 12.1 Å². The molecule has 0 spiro atoms. The predicted octanol–water partition coefficient (Wildman–Crippen LogP) is 4.43. The molecule has 0 unspecified atom stereocenters. The highest BCUT2D eigenvalue weighted by Gasteiger charge is 2.24. The second kappa shape index (κ2) is 6.81. The molecule has 3 rings (SSSR count). The van der Waals surface area contributed by atoms with E-state index in [4.69, 9.17) is 0 Å². The van der Waals surface area contributed by atoms with Crippen molar-refractivity contribution in [3.05, 3.63) is 70.9 Å². The SMILES string of the molecule is CCCCC1=C(NS(=O)(=O)c2ccc(C)cc2)Cc2ccccc21. The maximum atomic E-state index is 12.7. The summed E-state index contributed by atoms with van der Waals surface area (Å²) in [7, 11) is -3.54. The van der Waals surface area contributed by atoms with Gasteiger partial charge in [-0.05, 0) is 48.6 Å². The Hall–Kier alpha value is -2.07. The molecule has 0 fully saturated rings. The minimum absolute atomic E-state index is 0.311. The van der Waals surface area contributed by atoms with E-state index < -0.39 is 10.0 Å². The minimum Gasteiger partial charge on any atom is -0.283 e. The second-order valence-electron chi connectivity index (χ2n) is 6.31. The summed E-state index contributed by atoms with van der Waals surface area (Å²) in [6, 6.07) is 15.2. The normalized spacial score (nSPS) is 13.9. The van der Waals surface area contributed by atoms with E-state index in [2.05, 4.69) is 23.8 Å². The monoisotopic (exact) mass is 341 g/mol. The number of fused-ring (bicyclic) bond motifs is 1. The molecule has 1 aliphatic carbocycles. The Morgan fingerprint density at radius 1 is 1.04 bits per heavy atom. The first-order valence-electron chi connectivity index (χ1n) is 8.41. The van der Waals surface area contributed by atoms with E-state index in [0.29, 0.717) is 11.3 Å². The molecule has 0 aliphatic heterocycles. The van der Waals surface area contributed by atoms with Gasteiger partial charge in [0.1, 0.15) is 0 Å². The topological polar surface area (TPSA) is 46.2 Å². The highest BCUT2D eigenvalue weighted by atomic mass is 32.2. The summed E-state index contributed by atoms with van der Waals surface area (Å²) < 4.78 is 28.3. The van der Waals surface area contributed by atoms with Crippen LogP contribution in [0.15, 0.2) is 59.1 Å². The largest absolute Gasteiger partial charge is 0.283 e. The first-order chi connectivity index (χ1) is 11.5. The molecule has 3 nitrogen and oxygen atoms in total. The van der Waals surface area contributed by atoms with Crippen molar-refractivity contribution in [3.63, 3.8) is 0 Å². The minimum atomic E-state index is -3.54. The van der Waals surface area contributed by atoms with Gasteiger partial charge in [0.15, 0.2) is 0 Å². The van der Waals surface area contributed by atoms with Gasteiger partial charge in [-0.1, -0.05) is 55.3 Å². The first-order valence-corrected chi connectivity index (χ1v) is 9.89. The van der Waals surface area contributed by atoms with E-state index in [9.17, 15) is 8.42 Å². The maximum Gasteiger partial charge on any atom is 0.261 e. The number of unbranched alkanes of at least 4 members (excludes halogenated alkanes) is 1. The molecule has 0 atom stereocenters. The molecular weight excluding hydrogens is 318 g/mol. The van der Waals surface area contributed by atoms with Crippen LogP contribution in [0, 0.1) is 6.92 Å². The van der Waals surface area contributed by atoms with Crippen molar-refractivity contribution in [3.8, 4) is 0 Å². The zero-order chi connectivity index (χ0) is 17.2. The maximum absolute atomic E-state index is 12.7. The van der Waals surface area contributed by atoms with Crippen LogP contribution in [0.3, 0.4) is 0 Å². The third-order valence-electron chi connectivity index (χ3n) is 4.44. The number of aryl methyl sites for hydroxylation is 1. The van der Waals surface area contributed by atoms with Crippen molar-refractivity contribution in [1.82, 2.24) is 4.72 Å². The Balaban J connectivity index is 1.93. The Labute approximate surface area is 144 Å². The van der Waals surface area contributed by atoms with Crippen LogP contribution < -0.4 is 4.72 Å². The van der Waals surface area contributed by atoms with Gasteiger partial charge in [0, 0.05) is 12.1 Å². The van der Waals surface area contributed by atoms with Gasteiger partial charge in [-0.15, -0.1) is 0 Å². The molecule has 126 valence electrons. The van der Waals surface area contributed by atoms with E-state index in [1.807, 2.05) is 31.2 Å². The van der Waals surface area contributed by atoms with Gasteiger partial charge in [0.05, 0.1) is 4.90 Å². The van der Waals surface area contributed by atoms with Gasteiger partial charge in [-0.3, -0.25) is 4.72 Å². The van der Waals surface area contributed by atoms with E-state index in [-0.39, 0.29) is 0 Å². The fourth-order valence-corrected chi connectivity index (χ4v) is 4.24. The van der Waals surface area contributed by atoms with Crippen molar-refractivity contribution in [1.29, 1.82) is 0 Å². The summed E-state index contributed by atoms with van der Waals surface area (Å²) in [5.74, 6) is 0. The summed E-state index contributed by atoms with van der Waals surface area (Å²) in [5.41, 5.74) is 5.40. The number of nitrogens with one attached hydrogen (secondary N) is 1. The van der Waals surface area contributed by atoms with Gasteiger partial charge in [-0.25, -0.2) is 8.42 Å². The van der Waals surface area contributed by atoms with Gasteiger partial charge < -0.3 is 0 Å². The van der Waals surface area contributed by atoms with Gasteiger partial charge >= 0.3 is 0 Å². The average Bonchev–Trinajstić information content (AvgIpc) is 2.89. The van der Waals surface area contributed by atoms with Crippen molar-refractivity contribution >= 4 is 15.6 Å². The molecule has 4 heteroatoms. The van der Waals surface area contributed by atoms with E-state index >= 15 is 0 Å². The van der Waals surface area contributed by atoms with Crippen LogP contribution in [-0.4, -0.2) is 8.42 Å². The summed E-state index contributed by atoms with van der Waals surface area (Å²) in [6.45, 7) is 4.10. The van der Waals surface area contributed by atoms with E-state index in [0.717, 1.165) is 36.1 Å². The number of sulfonamides is 1. The van der Waals surface area contributed by atoms with Crippen molar-refractivity contribution in [2.45, 2.75) is 44.4 Å². The molecule has 0 aromatic heterocycles. The smallest absolute Gasteiger partial charge is 0.261 e. The van der Waals surface area contributed by atoms with Crippen LogP contribution in [-0.2, 0) is 16.4 Å². The molecule has 0 heterocycles. The third-order valence-corrected chi connectivity index (χ3v) is 5.85. The van der Waals surface area contributed by atoms with Crippen LogP contribution in [0.4, 0.5) is 0 Å². The highest BCUT2D eigenvalue weighted by molar-refractivity contribution is 7.89. The average molecular weight is 341 g/mol. The lowest BCUT2D eigenvalue weighted by Crippen LogP contribution is -2.24. The van der Waals surface area contributed by atoms with Crippen LogP contribution in [0.1, 0.15) is 42.9 Å². The molecule has 1 N–H and O–H groups in total. The molecule has 2 aromatic carbocycles. The molecular formula is C20H23NO2S. The molecule has 0 saturated carbocycles. The predicted molar refractivity (Wildman–Crippen MR) is 98.1 cm³/mol. The van der Waals surface area contributed by atoms with Crippen LogP contribution in [0.25, 0.3) is 5.57 Å². The number of benzene rings is 2. The lowest BCUT2D eigenvalue weighted by atomic mass is 10.0. The summed E-state index contributed by atoms with van der Waals surface area (Å²) in [4.78, 5) is 0.311. The fraction of sp³-hybridized carbons (Fsp3) is 0.300. The van der Waals surface area contributed by atoms with Crippen molar-refractivity contribution in [2.75, 3.05) is 0 Å². The van der Waals surface area contributed by atoms with Gasteiger partial charge in [0.25, 0.3) is 10.0 Å². The Morgan fingerprint density at radius 3 is 2.46 bits per heavy atom. The van der Waals surface area contributed by atoms with Crippen LogP contribution >= 0.6 is 0 Å². The standard InChI is InChI=1S/C20H23NO2S/c1-3-4-8-19-18-9-6-5-7-16(18)14-20(19)21-24(22,23)17-12-10-15(2)11-13-17/h5-7,9-13,21H,3-4,8,14H2,1-2H3. The zero-order valence-corrected chi connectivity index (χ0v) is 15.0. The number of rotatable bonds is 6. The molecule has 0 amide bonds. The molecule has 24 heavy (non-hydrogen) atoms.